The van der Waals surface area contributed by atoms with Crippen molar-refractivity contribution in [2.75, 3.05) is 12.8 Å². The number of thioether (sulfide) groups is 1. The Morgan fingerprint density at radius 3 is 2.61 bits per heavy atom. The first-order valence-corrected chi connectivity index (χ1v) is 7.44. The van der Waals surface area contributed by atoms with Crippen LogP contribution in [0.15, 0.2) is 18.2 Å². The molecule has 0 saturated heterocycles. The highest BCUT2D eigenvalue weighted by Gasteiger charge is 2.17. The molecule has 1 nitrogen and oxygen atoms in total. The molecule has 102 valence electrons. The van der Waals surface area contributed by atoms with Crippen molar-refractivity contribution < 1.29 is 4.39 Å². The van der Waals surface area contributed by atoms with Crippen molar-refractivity contribution in [1.82, 2.24) is 5.32 Å². The van der Waals surface area contributed by atoms with E-state index in [1.165, 1.54) is 0 Å². The van der Waals surface area contributed by atoms with E-state index in [9.17, 15) is 4.39 Å². The molecule has 1 N–H and O–H groups in total. The Hall–Kier alpha value is -0.250. The van der Waals surface area contributed by atoms with Gasteiger partial charge in [0.15, 0.2) is 0 Å². The van der Waals surface area contributed by atoms with E-state index >= 15 is 0 Å². The second-order valence-electron chi connectivity index (χ2n) is 5.33. The fraction of sp³-hybridized carbons (Fsp3) is 0.571. The Morgan fingerprint density at radius 2 is 2.06 bits per heavy atom. The molecular formula is C14H21ClFNS. The Labute approximate surface area is 118 Å². The lowest BCUT2D eigenvalue weighted by Gasteiger charge is -2.23. The summed E-state index contributed by atoms with van der Waals surface area (Å²) >= 11 is 7.67. The Balaban J connectivity index is 2.65. The molecular weight excluding hydrogens is 269 g/mol. The van der Waals surface area contributed by atoms with Crippen LogP contribution in [0.3, 0.4) is 0 Å². The van der Waals surface area contributed by atoms with Crippen molar-refractivity contribution in [3.05, 3.63) is 34.6 Å². The minimum atomic E-state index is -0.292. The van der Waals surface area contributed by atoms with Gasteiger partial charge in [-0.25, -0.2) is 4.39 Å². The molecule has 0 aliphatic rings. The summed E-state index contributed by atoms with van der Waals surface area (Å²) in [4.78, 5) is 0. The summed E-state index contributed by atoms with van der Waals surface area (Å²) in [6.45, 7) is 6.55. The Morgan fingerprint density at radius 1 is 1.39 bits per heavy atom. The lowest BCUT2D eigenvalue weighted by Crippen LogP contribution is -2.32. The number of nitrogens with one attached hydrogen (secondary N) is 1. The number of halogens is 2. The quantitative estimate of drug-likeness (QED) is 0.874. The summed E-state index contributed by atoms with van der Waals surface area (Å²) in [7, 11) is 1.91. The zero-order valence-electron chi connectivity index (χ0n) is 11.4. The van der Waals surface area contributed by atoms with E-state index in [0.29, 0.717) is 12.0 Å². The van der Waals surface area contributed by atoms with Crippen molar-refractivity contribution in [3.8, 4) is 0 Å². The van der Waals surface area contributed by atoms with Gasteiger partial charge in [0.1, 0.15) is 5.82 Å². The molecule has 0 radical (unpaired) electrons. The van der Waals surface area contributed by atoms with Crippen LogP contribution < -0.4 is 5.32 Å². The summed E-state index contributed by atoms with van der Waals surface area (Å²) in [5.74, 6) is 0.659. The second-order valence-corrected chi connectivity index (χ2v) is 7.58. The van der Waals surface area contributed by atoms with E-state index in [1.807, 2.05) is 18.8 Å². The van der Waals surface area contributed by atoms with Crippen molar-refractivity contribution >= 4 is 23.4 Å². The number of likely N-dealkylation sites (N-methyl/N-ethyl adjacent to an activating group) is 1. The maximum Gasteiger partial charge on any atom is 0.145 e. The fourth-order valence-corrected chi connectivity index (χ4v) is 2.75. The molecule has 1 rings (SSSR count). The van der Waals surface area contributed by atoms with Crippen LogP contribution in [0.5, 0.6) is 0 Å². The summed E-state index contributed by atoms with van der Waals surface area (Å²) in [5.41, 5.74) is 0.677. The Kier molecular flexibility index (Phi) is 5.96. The number of hydrogen-bond acceptors (Lipinski definition) is 2. The first-order chi connectivity index (χ1) is 8.33. The van der Waals surface area contributed by atoms with Crippen molar-refractivity contribution in [2.45, 2.75) is 38.0 Å². The van der Waals surface area contributed by atoms with Gasteiger partial charge in [-0.2, -0.15) is 11.8 Å². The molecule has 1 atom stereocenters. The molecule has 0 aromatic heterocycles. The molecule has 0 amide bonds. The van der Waals surface area contributed by atoms with Gasteiger partial charge in [0.2, 0.25) is 0 Å². The summed E-state index contributed by atoms with van der Waals surface area (Å²) in [6, 6.07) is 5.43. The molecule has 18 heavy (non-hydrogen) atoms. The zero-order chi connectivity index (χ0) is 13.8. The predicted octanol–water partition coefficient (Wildman–Crippen LogP) is 4.14. The highest BCUT2D eigenvalue weighted by molar-refractivity contribution is 8.00. The van der Waals surface area contributed by atoms with Gasteiger partial charge in [0.05, 0.1) is 5.02 Å². The lowest BCUT2D eigenvalue weighted by atomic mass is 10.1. The lowest BCUT2D eigenvalue weighted by molar-refractivity contribution is 0.567. The molecule has 4 heteroatoms. The first kappa shape index (κ1) is 15.8. The molecule has 1 aromatic carbocycles. The van der Waals surface area contributed by atoms with Gasteiger partial charge in [-0.15, -0.1) is 0 Å². The predicted molar refractivity (Wildman–Crippen MR) is 80.2 cm³/mol. The van der Waals surface area contributed by atoms with Crippen molar-refractivity contribution in [1.29, 1.82) is 0 Å². The molecule has 0 aliphatic carbocycles. The van der Waals surface area contributed by atoms with Crippen LogP contribution in [-0.4, -0.2) is 23.6 Å². The van der Waals surface area contributed by atoms with Gasteiger partial charge in [0, 0.05) is 16.5 Å². The van der Waals surface area contributed by atoms with Gasteiger partial charge in [-0.1, -0.05) is 44.5 Å². The largest absolute Gasteiger partial charge is 0.316 e. The summed E-state index contributed by atoms with van der Waals surface area (Å²) < 4.78 is 14.0. The molecule has 0 spiro atoms. The second kappa shape index (κ2) is 6.78. The molecule has 1 unspecified atom stereocenters. The van der Waals surface area contributed by atoms with E-state index in [4.69, 9.17) is 11.6 Å². The third kappa shape index (κ3) is 5.17. The molecule has 0 saturated carbocycles. The Bertz CT molecular complexity index is 390. The highest BCUT2D eigenvalue weighted by atomic mass is 35.5. The average molecular weight is 290 g/mol. The van der Waals surface area contributed by atoms with Crippen LogP contribution in [-0.2, 0) is 6.42 Å². The summed E-state index contributed by atoms with van der Waals surface area (Å²) in [6.07, 6.45) is 0.659. The van der Waals surface area contributed by atoms with E-state index in [2.05, 4.69) is 26.1 Å². The van der Waals surface area contributed by atoms with Gasteiger partial charge >= 0.3 is 0 Å². The van der Waals surface area contributed by atoms with Crippen LogP contribution in [0.1, 0.15) is 26.3 Å². The normalized spacial score (nSPS) is 13.7. The van der Waals surface area contributed by atoms with Gasteiger partial charge in [-0.3, -0.25) is 0 Å². The third-order valence-corrected chi connectivity index (χ3v) is 4.35. The maximum atomic E-state index is 13.8. The van der Waals surface area contributed by atoms with E-state index in [0.717, 1.165) is 5.75 Å². The fourth-order valence-electron chi connectivity index (χ4n) is 1.57. The maximum absolute atomic E-state index is 13.8. The standard InChI is InChI=1S/C14H21ClFNS/c1-14(2,3)18-9-11(17-4)8-10-6-5-7-12(15)13(10)16/h5-7,11,17H,8-9H2,1-4H3. The van der Waals surface area contributed by atoms with Gasteiger partial charge in [-0.05, 0) is 25.1 Å². The molecule has 0 fully saturated rings. The van der Waals surface area contributed by atoms with Crippen LogP contribution in [0.25, 0.3) is 0 Å². The number of rotatable bonds is 5. The number of benzene rings is 1. The minimum absolute atomic E-state index is 0.200. The number of hydrogen-bond donors (Lipinski definition) is 1. The third-order valence-electron chi connectivity index (χ3n) is 2.62. The van der Waals surface area contributed by atoms with Crippen molar-refractivity contribution in [3.63, 3.8) is 0 Å². The monoisotopic (exact) mass is 289 g/mol. The minimum Gasteiger partial charge on any atom is -0.316 e. The molecule has 1 aromatic rings. The average Bonchev–Trinajstić information content (AvgIpc) is 2.28. The molecule has 0 heterocycles. The zero-order valence-corrected chi connectivity index (χ0v) is 13.0. The highest BCUT2D eigenvalue weighted by Crippen LogP contribution is 2.25. The van der Waals surface area contributed by atoms with E-state index in [1.54, 1.807) is 18.2 Å². The van der Waals surface area contributed by atoms with Crippen LogP contribution in [0.4, 0.5) is 4.39 Å². The SMILES string of the molecule is CNC(CSC(C)(C)C)Cc1cccc(Cl)c1F. The summed E-state index contributed by atoms with van der Waals surface area (Å²) in [5, 5.41) is 3.44. The topological polar surface area (TPSA) is 12.0 Å². The van der Waals surface area contributed by atoms with Crippen LogP contribution >= 0.6 is 23.4 Å². The van der Waals surface area contributed by atoms with Gasteiger partial charge < -0.3 is 5.32 Å². The smallest absolute Gasteiger partial charge is 0.145 e. The molecule has 0 aliphatic heterocycles. The van der Waals surface area contributed by atoms with Crippen molar-refractivity contribution in [2.24, 2.45) is 0 Å². The van der Waals surface area contributed by atoms with E-state index in [-0.39, 0.29) is 21.6 Å². The molecule has 0 bridgehead atoms. The van der Waals surface area contributed by atoms with Crippen LogP contribution in [0.2, 0.25) is 5.02 Å². The van der Waals surface area contributed by atoms with E-state index < -0.39 is 0 Å². The first-order valence-electron chi connectivity index (χ1n) is 6.07. The van der Waals surface area contributed by atoms with Crippen LogP contribution in [0, 0.1) is 5.82 Å². The van der Waals surface area contributed by atoms with Gasteiger partial charge in [0.25, 0.3) is 0 Å².